The number of carbonyl (C=O) groups is 2. The van der Waals surface area contributed by atoms with Crippen LogP contribution in [0.1, 0.15) is 33.5 Å². The molecule has 5 rings (SSSR count). The molecule has 0 radical (unpaired) electrons. The van der Waals surface area contributed by atoms with E-state index in [2.05, 4.69) is 5.32 Å². The Balaban J connectivity index is 1.35. The van der Waals surface area contributed by atoms with Gasteiger partial charge in [-0.25, -0.2) is 0 Å². The molecular weight excluding hydrogens is 402 g/mol. The van der Waals surface area contributed by atoms with Crippen LogP contribution >= 0.6 is 11.3 Å². The summed E-state index contributed by atoms with van der Waals surface area (Å²) >= 11 is 1.60. The minimum absolute atomic E-state index is 0.132. The topological polar surface area (TPSA) is 84.5 Å². The van der Waals surface area contributed by atoms with Crippen LogP contribution < -0.4 is 10.9 Å². The standard InChI is InChI=1S/C22H21N3O4S/c26-20(10-16-3-2-8-30-16)24-11-14-9-15(13-24)18-6-5-17(22(28)25(18)12-14)23-21(27)19-4-1-7-29-19/h1-8,14-15H,9-13H2,(H,23,27)/t14-,15+/m0/s1. The first-order valence-electron chi connectivity index (χ1n) is 9.97. The maximum atomic E-state index is 13.0. The van der Waals surface area contributed by atoms with E-state index in [1.807, 2.05) is 28.5 Å². The number of fused-ring (bicyclic) bond motifs is 4. The Bertz CT molecular complexity index is 1130. The number of amides is 2. The van der Waals surface area contributed by atoms with Crippen LogP contribution in [-0.2, 0) is 17.8 Å². The average Bonchev–Trinajstić information content (AvgIpc) is 3.44. The number of anilines is 1. The lowest BCUT2D eigenvalue weighted by Crippen LogP contribution is -2.49. The fourth-order valence-corrected chi connectivity index (χ4v) is 5.21. The molecule has 0 unspecified atom stereocenters. The molecule has 2 bridgehead atoms. The molecule has 2 atom stereocenters. The Hall–Kier alpha value is -3.13. The summed E-state index contributed by atoms with van der Waals surface area (Å²) in [5.74, 6) is 0.225. The monoisotopic (exact) mass is 423 g/mol. The largest absolute Gasteiger partial charge is 0.459 e. The van der Waals surface area contributed by atoms with Gasteiger partial charge in [0.2, 0.25) is 5.91 Å². The van der Waals surface area contributed by atoms with Gasteiger partial charge in [-0.1, -0.05) is 6.07 Å². The van der Waals surface area contributed by atoms with Crippen LogP contribution in [0.2, 0.25) is 0 Å². The lowest BCUT2D eigenvalue weighted by Gasteiger charge is -2.43. The summed E-state index contributed by atoms with van der Waals surface area (Å²) in [4.78, 5) is 41.0. The summed E-state index contributed by atoms with van der Waals surface area (Å²) in [5, 5.41) is 4.64. The number of carbonyl (C=O) groups excluding carboxylic acids is 2. The molecule has 154 valence electrons. The van der Waals surface area contributed by atoms with E-state index in [9.17, 15) is 14.4 Å². The Morgan fingerprint density at radius 2 is 2.03 bits per heavy atom. The van der Waals surface area contributed by atoms with Crippen LogP contribution in [0, 0.1) is 5.92 Å². The second-order valence-electron chi connectivity index (χ2n) is 7.87. The zero-order valence-electron chi connectivity index (χ0n) is 16.2. The number of pyridine rings is 1. The van der Waals surface area contributed by atoms with Crippen molar-refractivity contribution in [3.63, 3.8) is 0 Å². The van der Waals surface area contributed by atoms with E-state index in [1.54, 1.807) is 34.1 Å². The van der Waals surface area contributed by atoms with Crippen molar-refractivity contribution in [1.29, 1.82) is 0 Å². The van der Waals surface area contributed by atoms with Gasteiger partial charge in [0.1, 0.15) is 5.69 Å². The second-order valence-corrected chi connectivity index (χ2v) is 8.90. The highest BCUT2D eigenvalue weighted by Crippen LogP contribution is 2.35. The van der Waals surface area contributed by atoms with Crippen LogP contribution in [0.15, 0.2) is 57.3 Å². The van der Waals surface area contributed by atoms with Gasteiger partial charge in [0.25, 0.3) is 11.5 Å². The maximum Gasteiger partial charge on any atom is 0.291 e. The van der Waals surface area contributed by atoms with Gasteiger partial charge in [-0.2, -0.15) is 0 Å². The number of likely N-dealkylation sites (tertiary alicyclic amines) is 1. The van der Waals surface area contributed by atoms with E-state index in [4.69, 9.17) is 4.42 Å². The summed E-state index contributed by atoms with van der Waals surface area (Å²) in [6.07, 6.45) is 2.82. The zero-order chi connectivity index (χ0) is 20.7. The van der Waals surface area contributed by atoms with Gasteiger partial charge in [-0.05, 0) is 48.1 Å². The predicted molar refractivity (Wildman–Crippen MR) is 113 cm³/mol. The van der Waals surface area contributed by atoms with E-state index in [0.29, 0.717) is 26.1 Å². The first-order chi connectivity index (χ1) is 14.6. The molecule has 1 fully saturated rings. The summed E-state index contributed by atoms with van der Waals surface area (Å²) in [7, 11) is 0. The molecule has 0 aliphatic carbocycles. The molecule has 3 aromatic rings. The molecule has 2 aliphatic rings. The van der Waals surface area contributed by atoms with Gasteiger partial charge in [0.05, 0.1) is 12.7 Å². The molecule has 7 nitrogen and oxygen atoms in total. The smallest absolute Gasteiger partial charge is 0.291 e. The van der Waals surface area contributed by atoms with Crippen LogP contribution in [0.4, 0.5) is 5.69 Å². The van der Waals surface area contributed by atoms with Crippen molar-refractivity contribution in [2.24, 2.45) is 5.92 Å². The summed E-state index contributed by atoms with van der Waals surface area (Å²) in [6.45, 7) is 1.84. The Labute approximate surface area is 176 Å². The van der Waals surface area contributed by atoms with Gasteiger partial charge >= 0.3 is 0 Å². The van der Waals surface area contributed by atoms with E-state index in [-0.39, 0.29) is 34.7 Å². The highest BCUT2D eigenvalue weighted by molar-refractivity contribution is 7.10. The molecule has 1 N–H and O–H groups in total. The van der Waals surface area contributed by atoms with Gasteiger partial charge in [0, 0.05) is 36.1 Å². The lowest BCUT2D eigenvalue weighted by molar-refractivity contribution is -0.133. The fraction of sp³-hybridized carbons (Fsp3) is 0.318. The summed E-state index contributed by atoms with van der Waals surface area (Å²) in [5.41, 5.74) is 0.965. The third kappa shape index (κ3) is 3.47. The minimum Gasteiger partial charge on any atom is -0.459 e. The number of aromatic nitrogens is 1. The number of hydrogen-bond donors (Lipinski definition) is 1. The molecule has 0 aromatic carbocycles. The summed E-state index contributed by atoms with van der Waals surface area (Å²) < 4.78 is 6.86. The molecule has 2 amide bonds. The first-order valence-corrected chi connectivity index (χ1v) is 10.8. The van der Waals surface area contributed by atoms with Crippen molar-refractivity contribution >= 4 is 28.8 Å². The van der Waals surface area contributed by atoms with Crippen molar-refractivity contribution in [1.82, 2.24) is 9.47 Å². The number of nitrogens with zero attached hydrogens (tertiary/aromatic N) is 2. The SMILES string of the molecule is O=C(Nc1ccc2n(c1=O)C[C@H]1C[C@@H]2CN(C(=O)Cc2cccs2)C1)c1ccco1. The van der Waals surface area contributed by atoms with Crippen LogP contribution in [-0.4, -0.2) is 34.4 Å². The number of hydrogen-bond acceptors (Lipinski definition) is 5. The summed E-state index contributed by atoms with van der Waals surface area (Å²) in [6, 6.07) is 10.7. The number of furan rings is 1. The van der Waals surface area contributed by atoms with Gasteiger partial charge in [-0.15, -0.1) is 11.3 Å². The number of piperidine rings is 1. The van der Waals surface area contributed by atoms with Gasteiger partial charge < -0.3 is 19.2 Å². The van der Waals surface area contributed by atoms with Gasteiger partial charge in [-0.3, -0.25) is 14.4 Å². The fourth-order valence-electron chi connectivity index (χ4n) is 4.51. The van der Waals surface area contributed by atoms with Gasteiger partial charge in [0.15, 0.2) is 5.76 Å². The normalized spacial score (nSPS) is 19.9. The van der Waals surface area contributed by atoms with Crippen LogP contribution in [0.5, 0.6) is 0 Å². The average molecular weight is 423 g/mol. The molecule has 30 heavy (non-hydrogen) atoms. The molecule has 3 aromatic heterocycles. The highest BCUT2D eigenvalue weighted by atomic mass is 32.1. The van der Waals surface area contributed by atoms with Crippen LogP contribution in [0.3, 0.4) is 0 Å². The van der Waals surface area contributed by atoms with Crippen molar-refractivity contribution in [2.75, 3.05) is 18.4 Å². The van der Waals surface area contributed by atoms with E-state index in [1.165, 1.54) is 6.26 Å². The van der Waals surface area contributed by atoms with Crippen molar-refractivity contribution in [3.8, 4) is 0 Å². The van der Waals surface area contributed by atoms with Crippen molar-refractivity contribution < 1.29 is 14.0 Å². The molecular formula is C22H21N3O4S. The molecule has 1 saturated heterocycles. The maximum absolute atomic E-state index is 13.0. The molecule has 0 saturated carbocycles. The Morgan fingerprint density at radius 3 is 2.80 bits per heavy atom. The first kappa shape index (κ1) is 18.9. The second kappa shape index (κ2) is 7.60. The molecule has 5 heterocycles. The number of thiophene rings is 1. The number of rotatable bonds is 4. The van der Waals surface area contributed by atoms with E-state index in [0.717, 1.165) is 17.0 Å². The quantitative estimate of drug-likeness (QED) is 0.699. The van der Waals surface area contributed by atoms with Crippen molar-refractivity contribution in [3.05, 3.63) is 74.7 Å². The Kier molecular flexibility index (Phi) is 4.78. The molecule has 8 heteroatoms. The third-order valence-electron chi connectivity index (χ3n) is 5.86. The number of nitrogens with one attached hydrogen (secondary N) is 1. The van der Waals surface area contributed by atoms with Crippen LogP contribution in [0.25, 0.3) is 0 Å². The Morgan fingerprint density at radius 1 is 1.13 bits per heavy atom. The molecule has 0 spiro atoms. The lowest BCUT2D eigenvalue weighted by atomic mass is 9.83. The highest BCUT2D eigenvalue weighted by Gasteiger charge is 2.36. The predicted octanol–water partition coefficient (Wildman–Crippen LogP) is 2.94. The van der Waals surface area contributed by atoms with E-state index >= 15 is 0 Å². The molecule has 2 aliphatic heterocycles. The third-order valence-corrected chi connectivity index (χ3v) is 6.73. The minimum atomic E-state index is -0.445. The zero-order valence-corrected chi connectivity index (χ0v) is 17.1. The van der Waals surface area contributed by atoms with Crippen molar-refractivity contribution in [2.45, 2.75) is 25.3 Å². The van der Waals surface area contributed by atoms with E-state index < -0.39 is 5.91 Å².